The second kappa shape index (κ2) is 10.6. The summed E-state index contributed by atoms with van der Waals surface area (Å²) in [4.78, 5) is 52.6. The third kappa shape index (κ3) is 5.86. The molecular formula is C21H22N4O7S. The molecule has 0 saturated carbocycles. The summed E-state index contributed by atoms with van der Waals surface area (Å²) in [7, 11) is 1.53. The molecule has 1 aromatic heterocycles. The van der Waals surface area contributed by atoms with Crippen LogP contribution in [0.2, 0.25) is 0 Å². The number of rotatable bonds is 8. The van der Waals surface area contributed by atoms with E-state index in [0.717, 1.165) is 11.3 Å². The van der Waals surface area contributed by atoms with Gasteiger partial charge in [0.1, 0.15) is 12.4 Å². The van der Waals surface area contributed by atoms with Crippen LogP contribution in [0.15, 0.2) is 40.9 Å². The summed E-state index contributed by atoms with van der Waals surface area (Å²) < 4.78 is 15.6. The van der Waals surface area contributed by atoms with Crippen LogP contribution in [0.1, 0.15) is 35.9 Å². The molecule has 1 aromatic carbocycles. The van der Waals surface area contributed by atoms with Crippen LogP contribution in [0.5, 0.6) is 5.75 Å². The normalized spacial score (nSPS) is 15.2. The van der Waals surface area contributed by atoms with Crippen LogP contribution in [0.25, 0.3) is 0 Å². The molecule has 3 N–H and O–H groups in total. The fraction of sp³-hybridized carbons (Fsp3) is 0.286. The van der Waals surface area contributed by atoms with Crippen LogP contribution in [-0.2, 0) is 19.1 Å². The lowest BCUT2D eigenvalue weighted by atomic mass is 9.95. The van der Waals surface area contributed by atoms with E-state index in [1.165, 1.54) is 19.4 Å². The zero-order chi connectivity index (χ0) is 24.0. The van der Waals surface area contributed by atoms with Gasteiger partial charge in [0.05, 0.1) is 31.0 Å². The first kappa shape index (κ1) is 23.7. The Bertz CT molecular complexity index is 1090. The summed E-state index contributed by atoms with van der Waals surface area (Å²) in [5, 5.41) is 9.36. The van der Waals surface area contributed by atoms with Gasteiger partial charge in [-0.15, -0.1) is 11.3 Å². The molecule has 1 aliphatic heterocycles. The number of hydrogen-bond acceptors (Lipinski definition) is 9. The van der Waals surface area contributed by atoms with E-state index in [2.05, 4.69) is 20.9 Å². The van der Waals surface area contributed by atoms with Crippen molar-refractivity contribution >= 4 is 40.3 Å². The van der Waals surface area contributed by atoms with Crippen LogP contribution in [0, 0.1) is 0 Å². The molecule has 12 heteroatoms. The number of carbonyl (C=O) groups is 4. The maximum Gasteiger partial charge on any atom is 0.358 e. The average Bonchev–Trinajstić information content (AvgIpc) is 3.25. The Morgan fingerprint density at radius 1 is 1.15 bits per heavy atom. The zero-order valence-electron chi connectivity index (χ0n) is 18.1. The van der Waals surface area contributed by atoms with Gasteiger partial charge < -0.3 is 30.2 Å². The van der Waals surface area contributed by atoms with Crippen LogP contribution < -0.4 is 20.7 Å². The molecule has 3 rings (SSSR count). The number of amides is 3. The first-order valence-electron chi connectivity index (χ1n) is 9.84. The van der Waals surface area contributed by atoms with Crippen LogP contribution >= 0.6 is 11.3 Å². The summed E-state index contributed by atoms with van der Waals surface area (Å²) >= 11 is 1.06. The molecule has 0 spiro atoms. The number of thiazole rings is 1. The molecule has 174 valence electrons. The van der Waals surface area contributed by atoms with Crippen LogP contribution in [0.4, 0.5) is 9.93 Å². The summed E-state index contributed by atoms with van der Waals surface area (Å²) in [6.45, 7) is 2.69. The van der Waals surface area contributed by atoms with Gasteiger partial charge in [0.15, 0.2) is 10.8 Å². The van der Waals surface area contributed by atoms with Gasteiger partial charge in [0.2, 0.25) is 5.91 Å². The molecule has 1 atom stereocenters. The van der Waals surface area contributed by atoms with Gasteiger partial charge in [0.25, 0.3) is 0 Å². The molecule has 0 fully saturated rings. The highest BCUT2D eigenvalue weighted by molar-refractivity contribution is 7.14. The molecular weight excluding hydrogens is 452 g/mol. The van der Waals surface area contributed by atoms with E-state index in [1.807, 2.05) is 0 Å². The number of methoxy groups -OCH3 is 1. The number of hydrogen-bond donors (Lipinski definition) is 3. The second-order valence-corrected chi connectivity index (χ2v) is 7.57. The highest BCUT2D eigenvalue weighted by Crippen LogP contribution is 2.29. The number of nitrogens with one attached hydrogen (secondary N) is 3. The van der Waals surface area contributed by atoms with Crippen molar-refractivity contribution in [2.75, 3.05) is 25.6 Å². The molecule has 0 bridgehead atoms. The van der Waals surface area contributed by atoms with Gasteiger partial charge in [-0.05, 0) is 24.6 Å². The van der Waals surface area contributed by atoms with E-state index in [-0.39, 0.29) is 34.6 Å². The van der Waals surface area contributed by atoms with Gasteiger partial charge in [-0.1, -0.05) is 12.1 Å². The molecule has 2 heterocycles. The van der Waals surface area contributed by atoms with Gasteiger partial charge in [0, 0.05) is 12.3 Å². The topological polar surface area (TPSA) is 145 Å². The van der Waals surface area contributed by atoms with Gasteiger partial charge >= 0.3 is 18.0 Å². The molecule has 1 aliphatic rings. The SMILES string of the molecule is CCOC(=O)C1=C(COC(=O)c2csc(NC(C)=O)n2)NC(=O)NC1c1ccc(OC)cc1. The van der Waals surface area contributed by atoms with E-state index in [9.17, 15) is 19.2 Å². The number of urea groups is 1. The summed E-state index contributed by atoms with van der Waals surface area (Å²) in [6, 6.07) is 5.40. The minimum Gasteiger partial charge on any atom is -0.497 e. The average molecular weight is 474 g/mol. The van der Waals surface area contributed by atoms with Crippen molar-refractivity contribution in [1.29, 1.82) is 0 Å². The van der Waals surface area contributed by atoms with E-state index < -0.39 is 30.6 Å². The van der Waals surface area contributed by atoms with Gasteiger partial charge in [-0.25, -0.2) is 19.4 Å². The monoisotopic (exact) mass is 474 g/mol. The molecule has 0 saturated heterocycles. The largest absolute Gasteiger partial charge is 0.497 e. The summed E-state index contributed by atoms with van der Waals surface area (Å²) in [6.07, 6.45) is 0. The Kier molecular flexibility index (Phi) is 7.61. The molecule has 2 aromatic rings. The molecule has 0 aliphatic carbocycles. The number of esters is 2. The highest BCUT2D eigenvalue weighted by Gasteiger charge is 2.34. The zero-order valence-corrected chi connectivity index (χ0v) is 18.9. The van der Waals surface area contributed by atoms with Crippen LogP contribution in [-0.4, -0.2) is 49.2 Å². The molecule has 1 unspecified atom stereocenters. The third-order valence-corrected chi connectivity index (χ3v) is 5.20. The summed E-state index contributed by atoms with van der Waals surface area (Å²) in [5.74, 6) is -1.17. The Morgan fingerprint density at radius 2 is 1.88 bits per heavy atom. The van der Waals surface area contributed by atoms with Crippen molar-refractivity contribution < 1.29 is 33.4 Å². The molecule has 11 nitrogen and oxygen atoms in total. The number of nitrogens with zero attached hydrogens (tertiary/aromatic N) is 1. The van der Waals surface area contributed by atoms with Crippen molar-refractivity contribution in [2.45, 2.75) is 19.9 Å². The minimum atomic E-state index is -0.831. The van der Waals surface area contributed by atoms with Gasteiger partial charge in [-0.3, -0.25) is 4.79 Å². The van der Waals surface area contributed by atoms with E-state index >= 15 is 0 Å². The fourth-order valence-corrected chi connectivity index (χ4v) is 3.74. The number of carbonyl (C=O) groups excluding carboxylic acids is 4. The predicted molar refractivity (Wildman–Crippen MR) is 118 cm³/mol. The number of aromatic nitrogens is 1. The Hall–Kier alpha value is -3.93. The fourth-order valence-electron chi connectivity index (χ4n) is 3.02. The minimum absolute atomic E-state index is 0.0194. The maximum absolute atomic E-state index is 12.8. The Balaban J connectivity index is 1.86. The first-order valence-corrected chi connectivity index (χ1v) is 10.7. The number of ether oxygens (including phenoxy) is 3. The number of anilines is 1. The Labute approximate surface area is 193 Å². The van der Waals surface area contributed by atoms with Crippen molar-refractivity contribution in [3.8, 4) is 5.75 Å². The smallest absolute Gasteiger partial charge is 0.358 e. The predicted octanol–water partition coefficient (Wildman–Crippen LogP) is 2.14. The number of benzene rings is 1. The van der Waals surface area contributed by atoms with Crippen LogP contribution in [0.3, 0.4) is 0 Å². The third-order valence-electron chi connectivity index (χ3n) is 4.44. The standard InChI is InChI=1S/C21H22N4O7S/c1-4-31-19(28)16-14(9-32-18(27)15-10-33-21(24-15)22-11(2)26)23-20(29)25-17(16)12-5-7-13(30-3)8-6-12/h5-8,10,17H,4,9H2,1-3H3,(H,22,24,26)(H2,23,25,29). The van der Waals surface area contributed by atoms with Crippen molar-refractivity contribution in [3.63, 3.8) is 0 Å². The van der Waals surface area contributed by atoms with Crippen molar-refractivity contribution in [1.82, 2.24) is 15.6 Å². The quantitative estimate of drug-likeness (QED) is 0.494. The lowest BCUT2D eigenvalue weighted by molar-refractivity contribution is -0.139. The van der Waals surface area contributed by atoms with E-state index in [4.69, 9.17) is 14.2 Å². The van der Waals surface area contributed by atoms with Gasteiger partial charge in [-0.2, -0.15) is 0 Å². The lowest BCUT2D eigenvalue weighted by Crippen LogP contribution is -2.47. The molecule has 0 radical (unpaired) electrons. The van der Waals surface area contributed by atoms with E-state index in [1.54, 1.807) is 31.2 Å². The van der Waals surface area contributed by atoms with E-state index in [0.29, 0.717) is 11.3 Å². The maximum atomic E-state index is 12.8. The molecule has 3 amide bonds. The lowest BCUT2D eigenvalue weighted by Gasteiger charge is -2.29. The highest BCUT2D eigenvalue weighted by atomic mass is 32.1. The summed E-state index contributed by atoms with van der Waals surface area (Å²) in [5.41, 5.74) is 0.779. The molecule has 33 heavy (non-hydrogen) atoms. The second-order valence-electron chi connectivity index (χ2n) is 6.71. The van der Waals surface area contributed by atoms with Crippen molar-refractivity contribution in [2.24, 2.45) is 0 Å². The van der Waals surface area contributed by atoms with Crippen molar-refractivity contribution in [3.05, 3.63) is 52.2 Å². The Morgan fingerprint density at radius 3 is 2.52 bits per heavy atom. The first-order chi connectivity index (χ1) is 15.8.